The van der Waals surface area contributed by atoms with E-state index in [1.54, 1.807) is 19.5 Å². The van der Waals surface area contributed by atoms with Gasteiger partial charge in [0.05, 0.1) is 31.2 Å². The number of likely N-dealkylation sites (N-methyl/N-ethyl adjacent to an activating group) is 1. The zero-order valence-electron chi connectivity index (χ0n) is 21.7. The fourth-order valence-electron chi connectivity index (χ4n) is 6.87. The van der Waals surface area contributed by atoms with Crippen molar-refractivity contribution >= 4 is 0 Å². The van der Waals surface area contributed by atoms with Crippen LogP contribution in [0.3, 0.4) is 0 Å². The van der Waals surface area contributed by atoms with Crippen molar-refractivity contribution in [2.24, 2.45) is 5.92 Å². The highest BCUT2D eigenvalue weighted by Gasteiger charge is 2.76. The maximum Gasteiger partial charge on any atom is 0.177 e. The molecule has 2 N–H and O–H groups in total. The van der Waals surface area contributed by atoms with E-state index in [9.17, 15) is 10.2 Å². The molecule has 1 unspecified atom stereocenters. The molecule has 0 spiro atoms. The second-order valence-electron chi connectivity index (χ2n) is 10.8. The first-order valence-corrected chi connectivity index (χ1v) is 13.0. The van der Waals surface area contributed by atoms with Crippen molar-refractivity contribution in [3.63, 3.8) is 0 Å². The summed E-state index contributed by atoms with van der Waals surface area (Å²) in [5, 5.41) is 25.1. The standard InChI is InChI=1S/C30H35N3O4/c1-20-9-11-22(12-10-20)30-26(21-7-5-4-6-8-21)23(19-33-15-13-32(2)14-16-33)28(34)29(30,35)27-24(36-3)17-31-18-25(27)37-30/h4-12,17-18,23,26,28,34-35H,13-16,19H2,1-3H3/t23?,26-,28-,29+,30+/m1/s1. The summed E-state index contributed by atoms with van der Waals surface area (Å²) in [5.74, 6) is 0.247. The predicted octanol–water partition coefficient (Wildman–Crippen LogP) is 2.90. The molecule has 1 saturated carbocycles. The smallest absolute Gasteiger partial charge is 0.177 e. The van der Waals surface area contributed by atoms with Crippen LogP contribution in [-0.4, -0.2) is 78.0 Å². The molecule has 194 valence electrons. The second kappa shape index (κ2) is 9.10. The fourth-order valence-corrected chi connectivity index (χ4v) is 6.87. The van der Waals surface area contributed by atoms with Crippen LogP contribution in [-0.2, 0) is 11.2 Å². The van der Waals surface area contributed by atoms with E-state index in [1.165, 1.54) is 0 Å². The average Bonchev–Trinajstić information content (AvgIpc) is 3.29. The van der Waals surface area contributed by atoms with Gasteiger partial charge >= 0.3 is 0 Å². The Kier molecular flexibility index (Phi) is 5.99. The number of pyridine rings is 1. The maximum atomic E-state index is 12.9. The molecule has 2 fully saturated rings. The first-order valence-electron chi connectivity index (χ1n) is 13.0. The van der Waals surface area contributed by atoms with E-state index in [-0.39, 0.29) is 11.8 Å². The molecule has 1 aliphatic carbocycles. The number of rotatable bonds is 5. The van der Waals surface area contributed by atoms with Gasteiger partial charge in [-0.1, -0.05) is 60.2 Å². The minimum absolute atomic E-state index is 0.289. The number of ether oxygens (including phenoxy) is 2. The summed E-state index contributed by atoms with van der Waals surface area (Å²) in [5.41, 5.74) is 0.424. The van der Waals surface area contributed by atoms with Crippen molar-refractivity contribution in [3.8, 4) is 11.5 Å². The summed E-state index contributed by atoms with van der Waals surface area (Å²) < 4.78 is 12.6. The van der Waals surface area contributed by atoms with E-state index in [1.807, 2.05) is 49.4 Å². The number of aromatic nitrogens is 1. The van der Waals surface area contributed by atoms with Crippen molar-refractivity contribution in [1.29, 1.82) is 0 Å². The molecule has 7 heteroatoms. The number of aliphatic hydroxyl groups excluding tert-OH is 1. The first kappa shape index (κ1) is 24.4. The van der Waals surface area contributed by atoms with Crippen LogP contribution in [0.15, 0.2) is 67.0 Å². The van der Waals surface area contributed by atoms with Crippen molar-refractivity contribution in [2.45, 2.75) is 30.1 Å². The summed E-state index contributed by atoms with van der Waals surface area (Å²) in [4.78, 5) is 9.04. The number of methoxy groups -OCH3 is 1. The summed E-state index contributed by atoms with van der Waals surface area (Å²) in [6, 6.07) is 18.3. The van der Waals surface area contributed by atoms with E-state index in [0.717, 1.165) is 42.9 Å². The highest BCUT2D eigenvalue weighted by atomic mass is 16.5. The number of hydrogen-bond donors (Lipinski definition) is 2. The lowest BCUT2D eigenvalue weighted by Gasteiger charge is -2.41. The van der Waals surface area contributed by atoms with Gasteiger partial charge in [-0.25, -0.2) is 0 Å². The van der Waals surface area contributed by atoms with Crippen molar-refractivity contribution in [1.82, 2.24) is 14.8 Å². The first-order chi connectivity index (χ1) is 17.9. The lowest BCUT2D eigenvalue weighted by Crippen LogP contribution is -2.52. The molecule has 1 aromatic heterocycles. The van der Waals surface area contributed by atoms with Crippen LogP contribution >= 0.6 is 0 Å². The number of nitrogens with zero attached hydrogens (tertiary/aromatic N) is 3. The number of benzene rings is 2. The van der Waals surface area contributed by atoms with E-state index in [4.69, 9.17) is 9.47 Å². The molecular formula is C30H35N3O4. The van der Waals surface area contributed by atoms with E-state index >= 15 is 0 Å². The molecule has 2 aliphatic heterocycles. The van der Waals surface area contributed by atoms with Crippen LogP contribution in [0.4, 0.5) is 0 Å². The van der Waals surface area contributed by atoms with Gasteiger partial charge in [0, 0.05) is 44.6 Å². The summed E-state index contributed by atoms with van der Waals surface area (Å²) in [6.45, 7) is 6.48. The summed E-state index contributed by atoms with van der Waals surface area (Å²) in [7, 11) is 3.70. The number of aliphatic hydroxyl groups is 2. The van der Waals surface area contributed by atoms with Gasteiger partial charge in [-0.3, -0.25) is 4.98 Å². The Balaban J connectivity index is 1.58. The van der Waals surface area contributed by atoms with Crippen LogP contribution < -0.4 is 9.47 Å². The monoisotopic (exact) mass is 501 g/mol. The van der Waals surface area contributed by atoms with Crippen LogP contribution in [0, 0.1) is 12.8 Å². The van der Waals surface area contributed by atoms with Crippen LogP contribution in [0.25, 0.3) is 0 Å². The molecule has 3 aliphatic rings. The number of hydrogen-bond acceptors (Lipinski definition) is 7. The van der Waals surface area contributed by atoms with Crippen molar-refractivity contribution < 1.29 is 19.7 Å². The minimum atomic E-state index is -1.75. The lowest BCUT2D eigenvalue weighted by atomic mass is 9.70. The Labute approximate surface area is 218 Å². The summed E-state index contributed by atoms with van der Waals surface area (Å²) >= 11 is 0. The zero-order chi connectivity index (χ0) is 25.8. The van der Waals surface area contributed by atoms with Crippen molar-refractivity contribution in [2.75, 3.05) is 46.9 Å². The Morgan fingerprint density at radius 3 is 2.41 bits per heavy atom. The van der Waals surface area contributed by atoms with Crippen LogP contribution in [0.1, 0.15) is 28.2 Å². The topological polar surface area (TPSA) is 78.3 Å². The fraction of sp³-hybridized carbons (Fsp3) is 0.433. The molecule has 1 saturated heterocycles. The molecule has 3 heterocycles. The van der Waals surface area contributed by atoms with Gasteiger partial charge in [0.25, 0.3) is 0 Å². The molecule has 0 bridgehead atoms. The zero-order valence-corrected chi connectivity index (χ0v) is 21.7. The Morgan fingerprint density at radius 2 is 1.73 bits per heavy atom. The average molecular weight is 502 g/mol. The predicted molar refractivity (Wildman–Crippen MR) is 141 cm³/mol. The molecule has 7 nitrogen and oxygen atoms in total. The maximum absolute atomic E-state index is 12.9. The van der Waals surface area contributed by atoms with Crippen LogP contribution in [0.2, 0.25) is 0 Å². The van der Waals surface area contributed by atoms with Crippen LogP contribution in [0.5, 0.6) is 11.5 Å². The SMILES string of the molecule is COc1cncc2c1[C@]1(O)[C@H](O)C(CN3CCN(C)CC3)[C@@H](c3ccccc3)[C@]1(c1ccc(C)cc1)O2. The van der Waals surface area contributed by atoms with Gasteiger partial charge in [-0.2, -0.15) is 0 Å². The van der Waals surface area contributed by atoms with Gasteiger partial charge in [0.1, 0.15) is 11.5 Å². The van der Waals surface area contributed by atoms with E-state index < -0.39 is 17.3 Å². The number of fused-ring (bicyclic) bond motifs is 3. The van der Waals surface area contributed by atoms with Gasteiger partial charge < -0.3 is 29.5 Å². The lowest BCUT2D eigenvalue weighted by molar-refractivity contribution is -0.152. The molecule has 3 aromatic rings. The molecule has 2 aromatic carbocycles. The Bertz CT molecular complexity index is 1260. The van der Waals surface area contributed by atoms with E-state index in [0.29, 0.717) is 23.6 Å². The second-order valence-corrected chi connectivity index (χ2v) is 10.8. The third-order valence-electron chi connectivity index (χ3n) is 8.72. The van der Waals surface area contributed by atoms with Gasteiger partial charge in [0.15, 0.2) is 11.2 Å². The molecule has 0 radical (unpaired) electrons. The quantitative estimate of drug-likeness (QED) is 0.557. The largest absolute Gasteiger partial charge is 0.495 e. The third-order valence-corrected chi connectivity index (χ3v) is 8.72. The third kappa shape index (κ3) is 3.52. The van der Waals surface area contributed by atoms with Crippen molar-refractivity contribution in [3.05, 3.63) is 89.2 Å². The Hall–Kier alpha value is -2.97. The van der Waals surface area contributed by atoms with E-state index in [2.05, 4.69) is 34.0 Å². The summed E-state index contributed by atoms with van der Waals surface area (Å²) in [6.07, 6.45) is 2.11. The molecule has 6 rings (SSSR count). The van der Waals surface area contributed by atoms with Gasteiger partial charge in [-0.15, -0.1) is 0 Å². The number of aryl methyl sites for hydroxylation is 1. The molecule has 37 heavy (non-hydrogen) atoms. The highest BCUT2D eigenvalue weighted by molar-refractivity contribution is 5.59. The molecule has 0 amide bonds. The highest BCUT2D eigenvalue weighted by Crippen LogP contribution is 2.69. The molecular weight excluding hydrogens is 466 g/mol. The van der Waals surface area contributed by atoms with Gasteiger partial charge in [0.2, 0.25) is 0 Å². The van der Waals surface area contributed by atoms with Gasteiger partial charge in [-0.05, 0) is 25.1 Å². The normalized spacial score (nSPS) is 31.5. The minimum Gasteiger partial charge on any atom is -0.495 e. The molecule has 5 atom stereocenters. The Morgan fingerprint density at radius 1 is 1.03 bits per heavy atom. The number of piperazine rings is 1.